The van der Waals surface area contributed by atoms with Gasteiger partial charge in [-0.15, -0.1) is 0 Å². The molecule has 0 aliphatic rings. The van der Waals surface area contributed by atoms with Gasteiger partial charge in [0.1, 0.15) is 17.5 Å². The van der Waals surface area contributed by atoms with Crippen LogP contribution in [0.15, 0.2) is 6.07 Å². The van der Waals surface area contributed by atoms with Crippen molar-refractivity contribution in [3.63, 3.8) is 0 Å². The summed E-state index contributed by atoms with van der Waals surface area (Å²) >= 11 is 0. The molecule has 0 saturated heterocycles. The minimum absolute atomic E-state index is 0.459. The van der Waals surface area contributed by atoms with Gasteiger partial charge in [-0.05, 0) is 20.3 Å². The Morgan fingerprint density at radius 1 is 1.24 bits per heavy atom. The first-order valence-electron chi connectivity index (χ1n) is 6.45. The molecule has 1 heterocycles. The molecule has 4 nitrogen and oxygen atoms in total. The molecule has 0 aliphatic heterocycles. The maximum atomic E-state index is 4.39. The van der Waals surface area contributed by atoms with Gasteiger partial charge in [0.2, 0.25) is 0 Å². The second kappa shape index (κ2) is 7.09. The summed E-state index contributed by atoms with van der Waals surface area (Å²) in [4.78, 5) is 8.66. The number of aryl methyl sites for hydroxylation is 1. The van der Waals surface area contributed by atoms with E-state index in [0.717, 1.165) is 17.5 Å². The van der Waals surface area contributed by atoms with Crippen molar-refractivity contribution in [3.05, 3.63) is 11.9 Å². The molecule has 1 aromatic heterocycles. The Balaban J connectivity index is 2.52. The first kappa shape index (κ1) is 13.7. The lowest BCUT2D eigenvalue weighted by Crippen LogP contribution is -2.16. The van der Waals surface area contributed by atoms with Crippen LogP contribution in [0.4, 0.5) is 11.6 Å². The fourth-order valence-electron chi connectivity index (χ4n) is 1.79. The van der Waals surface area contributed by atoms with Crippen molar-refractivity contribution < 1.29 is 0 Å². The maximum absolute atomic E-state index is 4.39. The molecule has 0 spiro atoms. The van der Waals surface area contributed by atoms with Crippen molar-refractivity contribution >= 4 is 11.6 Å². The average molecular weight is 236 g/mol. The Bertz CT molecular complexity index is 338. The first-order chi connectivity index (χ1) is 8.15. The molecular formula is C13H24N4. The summed E-state index contributed by atoms with van der Waals surface area (Å²) in [6.45, 7) is 6.34. The highest BCUT2D eigenvalue weighted by molar-refractivity contribution is 5.47. The van der Waals surface area contributed by atoms with Crippen molar-refractivity contribution in [2.45, 2.75) is 52.5 Å². The van der Waals surface area contributed by atoms with Crippen LogP contribution in [0.1, 0.15) is 45.4 Å². The zero-order valence-corrected chi connectivity index (χ0v) is 11.4. The van der Waals surface area contributed by atoms with E-state index in [1.807, 2.05) is 20.0 Å². The van der Waals surface area contributed by atoms with Gasteiger partial charge in [0, 0.05) is 19.2 Å². The van der Waals surface area contributed by atoms with E-state index >= 15 is 0 Å². The molecule has 0 saturated carbocycles. The predicted molar refractivity (Wildman–Crippen MR) is 73.5 cm³/mol. The van der Waals surface area contributed by atoms with Gasteiger partial charge in [0.25, 0.3) is 0 Å². The maximum Gasteiger partial charge on any atom is 0.132 e. The molecule has 4 heteroatoms. The van der Waals surface area contributed by atoms with Gasteiger partial charge < -0.3 is 10.6 Å². The Kier molecular flexibility index (Phi) is 5.73. The van der Waals surface area contributed by atoms with E-state index in [1.165, 1.54) is 25.7 Å². The van der Waals surface area contributed by atoms with Crippen LogP contribution in [0, 0.1) is 6.92 Å². The van der Waals surface area contributed by atoms with Crippen molar-refractivity contribution in [1.82, 2.24) is 9.97 Å². The third-order valence-corrected chi connectivity index (χ3v) is 2.73. The van der Waals surface area contributed by atoms with Gasteiger partial charge in [-0.1, -0.05) is 26.2 Å². The number of nitrogens with one attached hydrogen (secondary N) is 2. The quantitative estimate of drug-likeness (QED) is 0.714. The second-order valence-corrected chi connectivity index (χ2v) is 4.48. The van der Waals surface area contributed by atoms with Crippen LogP contribution in [0.2, 0.25) is 0 Å². The molecule has 1 aromatic rings. The summed E-state index contributed by atoms with van der Waals surface area (Å²) < 4.78 is 0. The van der Waals surface area contributed by atoms with Crippen LogP contribution in [-0.2, 0) is 0 Å². The third kappa shape index (κ3) is 5.02. The highest BCUT2D eigenvalue weighted by Gasteiger charge is 2.05. The van der Waals surface area contributed by atoms with Crippen LogP contribution < -0.4 is 10.6 Å². The third-order valence-electron chi connectivity index (χ3n) is 2.73. The second-order valence-electron chi connectivity index (χ2n) is 4.48. The normalized spacial score (nSPS) is 12.2. The van der Waals surface area contributed by atoms with Crippen LogP contribution >= 0.6 is 0 Å². The van der Waals surface area contributed by atoms with Gasteiger partial charge in [0.05, 0.1) is 0 Å². The van der Waals surface area contributed by atoms with Crippen LogP contribution in [0.3, 0.4) is 0 Å². The summed E-state index contributed by atoms with van der Waals surface area (Å²) in [5.74, 6) is 2.56. The molecular weight excluding hydrogens is 212 g/mol. The highest BCUT2D eigenvalue weighted by Crippen LogP contribution is 2.13. The molecule has 0 bridgehead atoms. The van der Waals surface area contributed by atoms with Crippen molar-refractivity contribution in [2.75, 3.05) is 17.7 Å². The molecule has 0 aliphatic carbocycles. The van der Waals surface area contributed by atoms with Crippen LogP contribution in [-0.4, -0.2) is 23.1 Å². The molecule has 17 heavy (non-hydrogen) atoms. The molecule has 2 N–H and O–H groups in total. The molecule has 1 atom stereocenters. The Labute approximate surface area is 104 Å². The van der Waals surface area contributed by atoms with Crippen LogP contribution in [0.5, 0.6) is 0 Å². The first-order valence-corrected chi connectivity index (χ1v) is 6.45. The van der Waals surface area contributed by atoms with E-state index in [9.17, 15) is 0 Å². The SMILES string of the molecule is CCCCCC(C)Nc1cc(NC)nc(C)n1. The number of rotatable bonds is 7. The zero-order valence-electron chi connectivity index (χ0n) is 11.4. The molecule has 0 fully saturated rings. The lowest BCUT2D eigenvalue weighted by molar-refractivity contribution is 0.613. The zero-order chi connectivity index (χ0) is 12.7. The minimum Gasteiger partial charge on any atom is -0.373 e. The summed E-state index contributed by atoms with van der Waals surface area (Å²) in [7, 11) is 1.87. The van der Waals surface area contributed by atoms with E-state index in [-0.39, 0.29) is 0 Å². The number of nitrogens with zero attached hydrogens (tertiary/aromatic N) is 2. The van der Waals surface area contributed by atoms with E-state index in [1.54, 1.807) is 0 Å². The fraction of sp³-hybridized carbons (Fsp3) is 0.692. The van der Waals surface area contributed by atoms with E-state index < -0.39 is 0 Å². The standard InChI is InChI=1S/C13H24N4/c1-5-6-7-8-10(2)15-13-9-12(14-4)16-11(3)17-13/h9-10H,5-8H2,1-4H3,(H2,14,15,16,17). The number of anilines is 2. The fourth-order valence-corrected chi connectivity index (χ4v) is 1.79. The van der Waals surface area contributed by atoms with E-state index in [2.05, 4.69) is 34.4 Å². The van der Waals surface area contributed by atoms with Gasteiger partial charge in [0.15, 0.2) is 0 Å². The summed E-state index contributed by atoms with van der Waals surface area (Å²) in [6, 6.07) is 2.41. The lowest BCUT2D eigenvalue weighted by atomic mass is 10.1. The smallest absolute Gasteiger partial charge is 0.132 e. The minimum atomic E-state index is 0.459. The van der Waals surface area contributed by atoms with E-state index in [4.69, 9.17) is 0 Å². The van der Waals surface area contributed by atoms with Crippen molar-refractivity contribution in [2.24, 2.45) is 0 Å². The van der Waals surface area contributed by atoms with E-state index in [0.29, 0.717) is 6.04 Å². The molecule has 1 rings (SSSR count). The predicted octanol–water partition coefficient (Wildman–Crippen LogP) is 3.21. The summed E-state index contributed by atoms with van der Waals surface area (Å²) in [5.41, 5.74) is 0. The molecule has 0 amide bonds. The molecule has 1 unspecified atom stereocenters. The summed E-state index contributed by atoms with van der Waals surface area (Å²) in [5, 5.41) is 6.47. The number of hydrogen-bond acceptors (Lipinski definition) is 4. The average Bonchev–Trinajstić information content (AvgIpc) is 2.28. The molecule has 0 aromatic carbocycles. The Morgan fingerprint density at radius 3 is 2.59 bits per heavy atom. The van der Waals surface area contributed by atoms with Gasteiger partial charge in [-0.2, -0.15) is 0 Å². The topological polar surface area (TPSA) is 49.8 Å². The molecule has 96 valence electrons. The number of aromatic nitrogens is 2. The Morgan fingerprint density at radius 2 is 1.94 bits per heavy atom. The van der Waals surface area contributed by atoms with Crippen molar-refractivity contribution in [1.29, 1.82) is 0 Å². The largest absolute Gasteiger partial charge is 0.373 e. The number of hydrogen-bond donors (Lipinski definition) is 2. The highest BCUT2D eigenvalue weighted by atomic mass is 15.1. The molecule has 0 radical (unpaired) electrons. The van der Waals surface area contributed by atoms with Crippen molar-refractivity contribution in [3.8, 4) is 0 Å². The van der Waals surface area contributed by atoms with Crippen LogP contribution in [0.25, 0.3) is 0 Å². The van der Waals surface area contributed by atoms with Gasteiger partial charge >= 0.3 is 0 Å². The summed E-state index contributed by atoms with van der Waals surface area (Å²) in [6.07, 6.45) is 5.03. The monoisotopic (exact) mass is 236 g/mol. The number of unbranched alkanes of at least 4 members (excludes halogenated alkanes) is 2. The van der Waals surface area contributed by atoms with Gasteiger partial charge in [-0.3, -0.25) is 0 Å². The lowest BCUT2D eigenvalue weighted by Gasteiger charge is -2.15. The van der Waals surface area contributed by atoms with Gasteiger partial charge in [-0.25, -0.2) is 9.97 Å². The Hall–Kier alpha value is -1.32.